The minimum absolute atomic E-state index is 0.262. The van der Waals surface area contributed by atoms with Crippen molar-refractivity contribution < 1.29 is 4.79 Å². The molecule has 0 unspecified atom stereocenters. The summed E-state index contributed by atoms with van der Waals surface area (Å²) in [6, 6.07) is 0. The van der Waals surface area contributed by atoms with Crippen LogP contribution in [0.15, 0.2) is 11.1 Å². The monoisotopic (exact) mass is 130 g/mol. The molecule has 1 nitrogen and oxygen atoms in total. The van der Waals surface area contributed by atoms with E-state index in [9.17, 15) is 4.79 Å². The van der Waals surface area contributed by atoms with Crippen LogP contribution in [0.3, 0.4) is 0 Å². The number of carbonyl (C=O) groups excluding carboxylic acids is 1. The Hall–Kier alpha value is -0.300. The molecular formula is C6H7ClO. The first-order valence-electron chi connectivity index (χ1n) is 2.65. The highest BCUT2D eigenvalue weighted by molar-refractivity contribution is 6.31. The molecule has 0 aliphatic heterocycles. The van der Waals surface area contributed by atoms with Gasteiger partial charge < -0.3 is 0 Å². The molecule has 2 heteroatoms. The van der Waals surface area contributed by atoms with Crippen molar-refractivity contribution in [2.75, 3.05) is 0 Å². The molecule has 0 bridgehead atoms. The van der Waals surface area contributed by atoms with E-state index in [0.717, 1.165) is 6.42 Å². The summed E-state index contributed by atoms with van der Waals surface area (Å²) in [6.07, 6.45) is 3.87. The maximum atomic E-state index is 10.5. The zero-order valence-electron chi connectivity index (χ0n) is 4.48. The van der Waals surface area contributed by atoms with Gasteiger partial charge in [-0.3, -0.25) is 4.79 Å². The first-order chi connectivity index (χ1) is 3.79. The molecule has 0 aromatic heterocycles. The summed E-state index contributed by atoms with van der Waals surface area (Å²) in [4.78, 5) is 10.5. The molecule has 0 atom stereocenters. The fourth-order valence-corrected chi connectivity index (χ4v) is 0.997. The topological polar surface area (TPSA) is 17.1 Å². The van der Waals surface area contributed by atoms with Gasteiger partial charge >= 0.3 is 0 Å². The minimum atomic E-state index is 0.262. The molecule has 0 heterocycles. The summed E-state index contributed by atoms with van der Waals surface area (Å²) < 4.78 is 0. The Morgan fingerprint density at radius 1 is 1.62 bits per heavy atom. The van der Waals surface area contributed by atoms with E-state index >= 15 is 0 Å². The largest absolute Gasteiger partial charge is 0.299 e. The minimum Gasteiger partial charge on any atom is -0.299 e. The van der Waals surface area contributed by atoms with E-state index < -0.39 is 0 Å². The van der Waals surface area contributed by atoms with E-state index in [-0.39, 0.29) is 5.78 Å². The van der Waals surface area contributed by atoms with Crippen molar-refractivity contribution in [3.05, 3.63) is 11.1 Å². The molecule has 1 aliphatic rings. The third-order valence-electron chi connectivity index (χ3n) is 1.16. The van der Waals surface area contributed by atoms with E-state index in [4.69, 9.17) is 11.6 Å². The standard InChI is InChI=1S/C6H7ClO/c7-5-2-1-3-6(8)4-5/h2H,1,3-4H2. The molecule has 0 aromatic carbocycles. The van der Waals surface area contributed by atoms with Crippen LogP contribution in [0.1, 0.15) is 19.3 Å². The Labute approximate surface area is 53.3 Å². The third kappa shape index (κ3) is 1.34. The number of rotatable bonds is 0. The lowest BCUT2D eigenvalue weighted by molar-refractivity contribution is -0.118. The summed E-state index contributed by atoms with van der Waals surface area (Å²) in [7, 11) is 0. The number of allylic oxidation sites excluding steroid dienone is 2. The van der Waals surface area contributed by atoms with Gasteiger partial charge in [-0.1, -0.05) is 17.7 Å². The van der Waals surface area contributed by atoms with Crippen molar-refractivity contribution >= 4 is 17.4 Å². The van der Waals surface area contributed by atoms with Crippen molar-refractivity contribution in [1.29, 1.82) is 0 Å². The molecule has 0 radical (unpaired) electrons. The molecular weight excluding hydrogens is 124 g/mol. The Morgan fingerprint density at radius 3 is 2.75 bits per heavy atom. The summed E-state index contributed by atoms with van der Waals surface area (Å²) in [5, 5.41) is 0.709. The molecule has 44 valence electrons. The molecule has 0 fully saturated rings. The van der Waals surface area contributed by atoms with Gasteiger partial charge in [0.2, 0.25) is 0 Å². The Balaban J connectivity index is 2.57. The predicted octanol–water partition coefficient (Wildman–Crippen LogP) is 1.86. The number of hydrogen-bond acceptors (Lipinski definition) is 1. The smallest absolute Gasteiger partial charge is 0.138 e. The highest BCUT2D eigenvalue weighted by Crippen LogP contribution is 2.16. The Morgan fingerprint density at radius 2 is 2.38 bits per heavy atom. The lowest BCUT2D eigenvalue weighted by atomic mass is 10.1. The quantitative estimate of drug-likeness (QED) is 0.489. The van der Waals surface area contributed by atoms with Gasteiger partial charge in [-0.15, -0.1) is 0 Å². The van der Waals surface area contributed by atoms with Crippen LogP contribution in [-0.4, -0.2) is 5.78 Å². The van der Waals surface area contributed by atoms with Crippen molar-refractivity contribution in [3.8, 4) is 0 Å². The van der Waals surface area contributed by atoms with Crippen LogP contribution in [0.25, 0.3) is 0 Å². The van der Waals surface area contributed by atoms with Crippen molar-refractivity contribution in [1.82, 2.24) is 0 Å². The molecule has 0 N–H and O–H groups in total. The van der Waals surface area contributed by atoms with Gasteiger partial charge in [-0.05, 0) is 6.42 Å². The summed E-state index contributed by atoms with van der Waals surface area (Å²) in [6.45, 7) is 0. The number of hydrogen-bond donors (Lipinski definition) is 0. The van der Waals surface area contributed by atoms with Gasteiger partial charge in [-0.2, -0.15) is 0 Å². The SMILES string of the molecule is O=C1CCC=C(Cl)C1. The predicted molar refractivity (Wildman–Crippen MR) is 32.8 cm³/mol. The molecule has 1 aliphatic carbocycles. The van der Waals surface area contributed by atoms with Crippen LogP contribution in [0.5, 0.6) is 0 Å². The van der Waals surface area contributed by atoms with Crippen LogP contribution in [0, 0.1) is 0 Å². The van der Waals surface area contributed by atoms with Crippen LogP contribution < -0.4 is 0 Å². The first kappa shape index (κ1) is 5.83. The average Bonchev–Trinajstić information content (AvgIpc) is 1.64. The maximum Gasteiger partial charge on any atom is 0.138 e. The highest BCUT2D eigenvalue weighted by atomic mass is 35.5. The molecule has 0 saturated heterocycles. The van der Waals surface area contributed by atoms with E-state index in [1.54, 1.807) is 0 Å². The second kappa shape index (κ2) is 2.31. The summed E-state index contributed by atoms with van der Waals surface area (Å²) >= 11 is 5.55. The number of Topliss-reactive ketones (excluding diaryl/α,β-unsaturated/α-hetero) is 1. The highest BCUT2D eigenvalue weighted by Gasteiger charge is 2.07. The Bertz CT molecular complexity index is 137. The van der Waals surface area contributed by atoms with Gasteiger partial charge in [0.1, 0.15) is 5.78 Å². The fourth-order valence-electron chi connectivity index (χ4n) is 0.739. The Kier molecular flexibility index (Phi) is 1.69. The molecule has 0 spiro atoms. The van der Waals surface area contributed by atoms with Gasteiger partial charge in [0.15, 0.2) is 0 Å². The zero-order chi connectivity index (χ0) is 5.98. The molecule has 8 heavy (non-hydrogen) atoms. The van der Waals surface area contributed by atoms with Crippen molar-refractivity contribution in [3.63, 3.8) is 0 Å². The van der Waals surface area contributed by atoms with E-state index in [2.05, 4.69) is 0 Å². The van der Waals surface area contributed by atoms with Crippen LogP contribution in [0.4, 0.5) is 0 Å². The normalized spacial score (nSPS) is 20.6. The second-order valence-electron chi connectivity index (χ2n) is 1.91. The van der Waals surface area contributed by atoms with E-state index in [1.165, 1.54) is 0 Å². The van der Waals surface area contributed by atoms with Crippen molar-refractivity contribution in [2.45, 2.75) is 19.3 Å². The number of carbonyl (C=O) groups is 1. The summed E-state index contributed by atoms with van der Waals surface area (Å²) in [5.74, 6) is 0.262. The van der Waals surface area contributed by atoms with Crippen molar-refractivity contribution in [2.24, 2.45) is 0 Å². The van der Waals surface area contributed by atoms with E-state index in [1.807, 2.05) is 6.08 Å². The third-order valence-corrected chi connectivity index (χ3v) is 1.44. The maximum absolute atomic E-state index is 10.5. The van der Waals surface area contributed by atoms with Gasteiger partial charge in [-0.25, -0.2) is 0 Å². The van der Waals surface area contributed by atoms with Gasteiger partial charge in [0.25, 0.3) is 0 Å². The number of ketones is 1. The van der Waals surface area contributed by atoms with Crippen LogP contribution in [-0.2, 0) is 4.79 Å². The lowest BCUT2D eigenvalue weighted by Gasteiger charge is -2.03. The number of halogens is 1. The molecule has 1 rings (SSSR count). The molecule has 0 saturated carbocycles. The zero-order valence-corrected chi connectivity index (χ0v) is 5.24. The van der Waals surface area contributed by atoms with Gasteiger partial charge in [0.05, 0.1) is 0 Å². The van der Waals surface area contributed by atoms with Crippen LogP contribution >= 0.6 is 11.6 Å². The summed E-state index contributed by atoms with van der Waals surface area (Å²) in [5.41, 5.74) is 0. The first-order valence-corrected chi connectivity index (χ1v) is 3.03. The fraction of sp³-hybridized carbons (Fsp3) is 0.500. The molecule has 0 amide bonds. The average molecular weight is 131 g/mol. The molecule has 0 aromatic rings. The second-order valence-corrected chi connectivity index (χ2v) is 2.39. The van der Waals surface area contributed by atoms with Gasteiger partial charge in [0, 0.05) is 17.9 Å². The van der Waals surface area contributed by atoms with E-state index in [0.29, 0.717) is 17.9 Å². The van der Waals surface area contributed by atoms with Crippen LogP contribution in [0.2, 0.25) is 0 Å². The lowest BCUT2D eigenvalue weighted by Crippen LogP contribution is -2.00.